The van der Waals surface area contributed by atoms with E-state index in [2.05, 4.69) is 47.9 Å². The highest BCUT2D eigenvalue weighted by Gasteiger charge is 2.47. The summed E-state index contributed by atoms with van der Waals surface area (Å²) < 4.78 is 11.1. The van der Waals surface area contributed by atoms with E-state index in [0.717, 1.165) is 60.2 Å². The number of methoxy groups -OCH3 is 1. The van der Waals surface area contributed by atoms with Crippen molar-refractivity contribution in [3.8, 4) is 0 Å². The Bertz CT molecular complexity index is 3160. The molecule has 0 saturated carbocycles. The van der Waals surface area contributed by atoms with Gasteiger partial charge >= 0.3 is 5.97 Å². The molecule has 22 atom stereocenters. The SMILES string of the molecule is CC[C@H](C)C[C@H](C)[C@H](O)[C@@H](C)C(=O)N[C@H](CN)C(=O)N[C@H]([C@H](O)[C@@H](O)C(=O)N[C@H](C(=O)N[C@H]1C(=O)N[C@H]([C@@H](C)O)C(=O)N[C@H](CCCN)C(=O)N[C@@H](CC(C)C)C(=O)N(C)[C@@H](CCC(N)=O)C(=O)N[C@@H]([C@@H](OC)C(N)=O)C(=O)N[C@H](CC(N)=O)C(=O)N(C)[C@@H](CC(C)C)C(=O)O[C@@H]1C)[C@H](C)[C@@H](C)C(N)=O)C(C)(C)O. The molecule has 40 heteroatoms. The van der Waals surface area contributed by atoms with E-state index in [1.165, 1.54) is 20.8 Å². The van der Waals surface area contributed by atoms with Gasteiger partial charge in [0.05, 0.1) is 36.2 Å². The second-order valence-electron chi connectivity index (χ2n) is 29.8. The number of carbonyl (C=O) groups is 16. The van der Waals surface area contributed by atoms with Crippen molar-refractivity contribution in [2.45, 2.75) is 263 Å². The summed E-state index contributed by atoms with van der Waals surface area (Å²) >= 11 is 0. The number of nitrogens with one attached hydrogen (secondary N) is 9. The minimum atomic E-state index is -2.75. The van der Waals surface area contributed by atoms with Crippen molar-refractivity contribution >= 4 is 94.6 Å². The van der Waals surface area contributed by atoms with Gasteiger partial charge in [0.1, 0.15) is 72.6 Å². The fourth-order valence-electron chi connectivity index (χ4n) is 12.1. The molecule has 0 aromatic rings. The third kappa shape index (κ3) is 30.2. The molecular formula is C69H123N17O23. The average Bonchev–Trinajstić information content (AvgIpc) is 1.04. The molecule has 0 aromatic carbocycles. The van der Waals surface area contributed by atoms with Gasteiger partial charge < -0.3 is 127 Å². The van der Waals surface area contributed by atoms with Gasteiger partial charge in [0.15, 0.2) is 12.2 Å². The molecular weight excluding hydrogens is 1430 g/mol. The number of carbonyl (C=O) groups excluding carboxylic acids is 16. The van der Waals surface area contributed by atoms with Gasteiger partial charge in [-0.15, -0.1) is 0 Å². The summed E-state index contributed by atoms with van der Waals surface area (Å²) in [5, 5.41) is 78.1. The lowest BCUT2D eigenvalue weighted by atomic mass is 9.85. The first-order valence-corrected chi connectivity index (χ1v) is 36.4. The number of primary amides is 4. The lowest BCUT2D eigenvalue weighted by molar-refractivity contribution is -0.162. The van der Waals surface area contributed by atoms with Crippen molar-refractivity contribution in [2.24, 2.45) is 75.8 Å². The summed E-state index contributed by atoms with van der Waals surface area (Å²) in [7, 11) is 2.99. The van der Waals surface area contributed by atoms with Gasteiger partial charge in [-0.3, -0.25) is 71.9 Å². The van der Waals surface area contributed by atoms with Gasteiger partial charge in [0.2, 0.25) is 82.7 Å². The quantitative estimate of drug-likeness (QED) is 0.0259. The number of rotatable bonds is 36. The van der Waals surface area contributed by atoms with Crippen LogP contribution in [-0.2, 0) is 86.2 Å². The summed E-state index contributed by atoms with van der Waals surface area (Å²) in [6.07, 6.45) is -14.3. The molecule has 0 radical (unpaired) electrons. The number of esters is 1. The van der Waals surface area contributed by atoms with Gasteiger partial charge in [-0.2, -0.15) is 0 Å². The third-order valence-electron chi connectivity index (χ3n) is 19.3. The van der Waals surface area contributed by atoms with E-state index >= 15 is 9.59 Å². The topological polar surface area (TPSA) is 664 Å². The van der Waals surface area contributed by atoms with Crippen molar-refractivity contribution in [1.29, 1.82) is 0 Å². The lowest BCUT2D eigenvalue weighted by Gasteiger charge is -2.37. The molecule has 1 rings (SSSR count). The van der Waals surface area contributed by atoms with E-state index in [1.807, 2.05) is 13.8 Å². The van der Waals surface area contributed by atoms with Gasteiger partial charge in [-0.25, -0.2) is 4.79 Å². The number of likely N-dealkylation sites (N-methyl/N-ethyl adjacent to an activating group) is 2. The molecule has 1 heterocycles. The molecule has 15 amide bonds. The van der Waals surface area contributed by atoms with Crippen LogP contribution in [0.25, 0.3) is 0 Å². The standard InChI is InChI=1S/C69H123N17O23/c1-18-31(6)26-32(7)50(90)35(10)57(95)79-41(28-71)59(97)84-54(69(13,14)107)51(91)52(92)65(103)80-46(33(8)34(9)55(74)93)61(99)82-48-37(12)109-68(106)43(25-30(4)5)86(16)67(105)40(27-45(73)89)78-64(102)49(53(108-17)56(75)94)83-60(98)42(21-22-44(72)88)85(15)66(104)39(24-29(2)3)77-58(96)38(20-19-23-70)76-62(100)47(36(11)87)81-63(48)101/h29-43,46-54,87,90-92,107H,18-28,70-71H2,1-17H3,(H2,72,88)(H2,73,89)(H2,74,93)(H2,75,94)(H,76,100)(H,77,96)(H,78,102)(H,79,95)(H,80,103)(H,81,101)(H,82,99)(H,83,98)(H,84,97)/t31-,32-,33+,34+,35+,36+,37+,38+,39-,40+,41+,42-,43-,46-,47+,48+,49-,50-,51+,52+,53+,54+/m0/s1. The molecule has 1 fully saturated rings. The Morgan fingerprint density at radius 3 is 1.62 bits per heavy atom. The molecule has 0 bridgehead atoms. The molecule has 0 aromatic heterocycles. The molecule has 0 spiro atoms. The van der Waals surface area contributed by atoms with Crippen molar-refractivity contribution in [3.63, 3.8) is 0 Å². The zero-order valence-corrected chi connectivity index (χ0v) is 65.6. The Hall–Kier alpha value is -8.80. The minimum absolute atomic E-state index is 0.0123. The summed E-state index contributed by atoms with van der Waals surface area (Å²) in [5.41, 5.74) is 32.0. The third-order valence-corrected chi connectivity index (χ3v) is 19.3. The fourth-order valence-corrected chi connectivity index (χ4v) is 12.1. The largest absolute Gasteiger partial charge is 0.458 e. The number of nitrogens with two attached hydrogens (primary N) is 6. The first-order valence-electron chi connectivity index (χ1n) is 36.4. The van der Waals surface area contributed by atoms with Crippen LogP contribution in [-0.4, -0.2) is 273 Å². The highest BCUT2D eigenvalue weighted by Crippen LogP contribution is 2.25. The number of aliphatic hydroxyl groups is 5. The van der Waals surface area contributed by atoms with Crippen LogP contribution in [0.4, 0.5) is 0 Å². The number of aliphatic hydroxyl groups excluding tert-OH is 4. The highest BCUT2D eigenvalue weighted by atomic mass is 16.5. The van der Waals surface area contributed by atoms with Crippen LogP contribution in [0.1, 0.15) is 155 Å². The Labute approximate surface area is 635 Å². The fraction of sp³-hybridized carbons (Fsp3) is 0.768. The number of hydrogen-bond donors (Lipinski definition) is 20. The van der Waals surface area contributed by atoms with E-state index in [-0.39, 0.29) is 44.1 Å². The van der Waals surface area contributed by atoms with Gasteiger partial charge in [0, 0.05) is 40.1 Å². The second kappa shape index (κ2) is 45.4. The van der Waals surface area contributed by atoms with Gasteiger partial charge in [-0.05, 0) is 102 Å². The molecule has 26 N–H and O–H groups in total. The van der Waals surface area contributed by atoms with E-state index in [4.69, 9.17) is 43.9 Å². The summed E-state index contributed by atoms with van der Waals surface area (Å²) in [5.74, 6) is -25.4. The van der Waals surface area contributed by atoms with Gasteiger partial charge in [0.25, 0.3) is 5.91 Å². The maximum absolute atomic E-state index is 15.2. The number of hydrogen-bond acceptors (Lipinski definition) is 25. The Morgan fingerprint density at radius 1 is 0.606 bits per heavy atom. The van der Waals surface area contributed by atoms with E-state index in [0.29, 0.717) is 11.3 Å². The highest BCUT2D eigenvalue weighted by molar-refractivity contribution is 6.01. The first-order chi connectivity index (χ1) is 50.4. The predicted molar refractivity (Wildman–Crippen MR) is 390 cm³/mol. The molecule has 0 aliphatic carbocycles. The van der Waals surface area contributed by atoms with Crippen LogP contribution in [0.5, 0.6) is 0 Å². The zero-order valence-electron chi connectivity index (χ0n) is 65.6. The number of ether oxygens (including phenoxy) is 2. The minimum Gasteiger partial charge on any atom is -0.458 e. The van der Waals surface area contributed by atoms with E-state index in [1.54, 1.807) is 34.6 Å². The van der Waals surface area contributed by atoms with Crippen LogP contribution >= 0.6 is 0 Å². The van der Waals surface area contributed by atoms with E-state index in [9.17, 15) is 92.7 Å². The van der Waals surface area contributed by atoms with Crippen LogP contribution in [0, 0.1) is 41.4 Å². The van der Waals surface area contributed by atoms with Crippen molar-refractivity contribution in [1.82, 2.24) is 57.7 Å². The summed E-state index contributed by atoms with van der Waals surface area (Å²) in [6.45, 7) is 19.4. The number of nitrogens with zero attached hydrogens (tertiary/aromatic N) is 2. The van der Waals surface area contributed by atoms with Crippen LogP contribution in [0.2, 0.25) is 0 Å². The molecule has 109 heavy (non-hydrogen) atoms. The monoisotopic (exact) mass is 1560 g/mol. The maximum atomic E-state index is 15.2. The zero-order chi connectivity index (χ0) is 84.3. The Morgan fingerprint density at radius 2 is 1.14 bits per heavy atom. The van der Waals surface area contributed by atoms with Crippen LogP contribution in [0.3, 0.4) is 0 Å². The van der Waals surface area contributed by atoms with Crippen molar-refractivity contribution < 1.29 is 112 Å². The lowest BCUT2D eigenvalue weighted by Crippen LogP contribution is -2.66. The summed E-state index contributed by atoms with van der Waals surface area (Å²) in [4.78, 5) is 228. The van der Waals surface area contributed by atoms with Gasteiger partial charge in [-0.1, -0.05) is 75.7 Å². The molecule has 622 valence electrons. The normalized spacial score (nSPS) is 24.4. The van der Waals surface area contributed by atoms with E-state index < -0.39 is 259 Å². The Balaban J connectivity index is 4.50. The Kier molecular flexibility index (Phi) is 40.9. The maximum Gasteiger partial charge on any atom is 0.329 e. The molecule has 1 aliphatic rings. The second-order valence-corrected chi connectivity index (χ2v) is 29.8. The van der Waals surface area contributed by atoms with Crippen molar-refractivity contribution in [3.05, 3.63) is 0 Å². The summed E-state index contributed by atoms with van der Waals surface area (Å²) in [6, 6.07) is -21.6. The molecule has 1 saturated heterocycles. The smallest absolute Gasteiger partial charge is 0.329 e. The molecule has 0 unspecified atom stereocenters. The molecule has 40 nitrogen and oxygen atoms in total. The molecule has 1 aliphatic heterocycles. The van der Waals surface area contributed by atoms with Crippen LogP contribution < -0.4 is 82.3 Å². The first kappa shape index (κ1) is 98.2. The number of amides is 15. The number of cyclic esters (lactones) is 1. The van der Waals surface area contributed by atoms with Crippen molar-refractivity contribution in [2.75, 3.05) is 34.3 Å². The predicted octanol–water partition coefficient (Wildman–Crippen LogP) is -7.92. The van der Waals surface area contributed by atoms with Crippen LogP contribution in [0.15, 0.2) is 0 Å². The average molecular weight is 1560 g/mol.